The van der Waals surface area contributed by atoms with Crippen molar-refractivity contribution in [2.24, 2.45) is 0 Å². The molecule has 0 spiro atoms. The molecule has 2 aliphatic rings. The van der Waals surface area contributed by atoms with Gasteiger partial charge in [0, 0.05) is 13.0 Å². The lowest BCUT2D eigenvalue weighted by atomic mass is 10.0. The van der Waals surface area contributed by atoms with Gasteiger partial charge in [-0.25, -0.2) is 4.39 Å². The van der Waals surface area contributed by atoms with Crippen molar-refractivity contribution in [3.05, 3.63) is 34.6 Å². The third-order valence-corrected chi connectivity index (χ3v) is 3.50. The van der Waals surface area contributed by atoms with Gasteiger partial charge in [0.15, 0.2) is 0 Å². The van der Waals surface area contributed by atoms with E-state index in [9.17, 15) is 17.6 Å². The molecule has 1 heterocycles. The van der Waals surface area contributed by atoms with Gasteiger partial charge in [0.2, 0.25) is 0 Å². The van der Waals surface area contributed by atoms with Crippen LogP contribution < -0.4 is 5.32 Å². The highest BCUT2D eigenvalue weighted by molar-refractivity contribution is 5.42. The molecule has 6 heteroatoms. The van der Waals surface area contributed by atoms with Crippen LogP contribution in [0.15, 0.2) is 12.1 Å². The molecule has 1 saturated heterocycles. The minimum atomic E-state index is -4.65. The Balaban J connectivity index is 2.06. The van der Waals surface area contributed by atoms with Gasteiger partial charge in [-0.05, 0) is 17.2 Å². The fourth-order valence-electron chi connectivity index (χ4n) is 2.69. The first-order chi connectivity index (χ1) is 8.48. The largest absolute Gasteiger partial charge is 0.419 e. The Morgan fingerprint density at radius 3 is 2.78 bits per heavy atom. The van der Waals surface area contributed by atoms with Crippen molar-refractivity contribution in [2.75, 3.05) is 13.2 Å². The van der Waals surface area contributed by atoms with E-state index in [1.54, 1.807) is 0 Å². The van der Waals surface area contributed by atoms with E-state index in [1.807, 2.05) is 0 Å². The van der Waals surface area contributed by atoms with Crippen molar-refractivity contribution in [2.45, 2.75) is 24.7 Å². The van der Waals surface area contributed by atoms with E-state index >= 15 is 0 Å². The Bertz CT molecular complexity index is 486. The number of ether oxygens (including phenoxy) is 1. The zero-order chi connectivity index (χ0) is 12.9. The molecule has 0 bridgehead atoms. The number of benzene rings is 1. The number of nitrogens with one attached hydrogen (secondary N) is 1. The molecule has 1 N–H and O–H groups in total. The Kier molecular flexibility index (Phi) is 2.60. The smallest absolute Gasteiger partial charge is 0.375 e. The minimum Gasteiger partial charge on any atom is -0.375 e. The third kappa shape index (κ3) is 1.71. The van der Waals surface area contributed by atoms with Crippen molar-refractivity contribution in [1.82, 2.24) is 5.32 Å². The summed E-state index contributed by atoms with van der Waals surface area (Å²) in [6.45, 7) is 1.13. The maximum atomic E-state index is 13.9. The lowest BCUT2D eigenvalue weighted by Crippen LogP contribution is -2.39. The van der Waals surface area contributed by atoms with Crippen LogP contribution in [0, 0.1) is 5.82 Å². The molecule has 0 unspecified atom stereocenters. The van der Waals surface area contributed by atoms with E-state index in [4.69, 9.17) is 4.74 Å². The zero-order valence-electron chi connectivity index (χ0n) is 9.35. The molecule has 18 heavy (non-hydrogen) atoms. The summed E-state index contributed by atoms with van der Waals surface area (Å²) >= 11 is 0. The first kappa shape index (κ1) is 11.9. The van der Waals surface area contributed by atoms with Gasteiger partial charge < -0.3 is 10.1 Å². The summed E-state index contributed by atoms with van der Waals surface area (Å²) < 4.78 is 57.2. The summed E-state index contributed by atoms with van der Waals surface area (Å²) in [5.74, 6) is -1.15. The molecule has 1 aliphatic carbocycles. The fraction of sp³-hybridized carbons (Fsp3) is 0.500. The third-order valence-electron chi connectivity index (χ3n) is 3.50. The van der Waals surface area contributed by atoms with Crippen LogP contribution in [0.4, 0.5) is 17.6 Å². The summed E-state index contributed by atoms with van der Waals surface area (Å²) in [6, 6.07) is 1.98. The molecule has 1 aromatic rings. The monoisotopic (exact) mass is 261 g/mol. The highest BCUT2D eigenvalue weighted by Crippen LogP contribution is 2.40. The number of alkyl halides is 3. The first-order valence-corrected chi connectivity index (χ1v) is 5.72. The Hall–Kier alpha value is -1.14. The Labute approximate surface area is 101 Å². The number of hydrogen-bond donors (Lipinski definition) is 1. The maximum Gasteiger partial charge on any atom is 0.419 e. The number of hydrogen-bond acceptors (Lipinski definition) is 2. The number of fused-ring (bicyclic) bond motifs is 3. The molecule has 0 aromatic heterocycles. The molecule has 0 saturated carbocycles. The molecule has 0 radical (unpaired) electrons. The zero-order valence-corrected chi connectivity index (χ0v) is 9.35. The second-order valence-corrected chi connectivity index (χ2v) is 4.54. The predicted octanol–water partition coefficient (Wildman–Crippen LogP) is 2.43. The van der Waals surface area contributed by atoms with Gasteiger partial charge in [-0.2, -0.15) is 13.2 Å². The fourth-order valence-corrected chi connectivity index (χ4v) is 2.69. The van der Waals surface area contributed by atoms with Crippen molar-refractivity contribution in [3.63, 3.8) is 0 Å². The number of morpholine rings is 1. The normalized spacial score (nSPS) is 26.9. The second-order valence-electron chi connectivity index (χ2n) is 4.54. The maximum absolute atomic E-state index is 13.9. The number of rotatable bonds is 0. The first-order valence-electron chi connectivity index (χ1n) is 5.72. The van der Waals surface area contributed by atoms with Crippen molar-refractivity contribution in [3.8, 4) is 0 Å². The Morgan fingerprint density at radius 2 is 2.06 bits per heavy atom. The molecule has 98 valence electrons. The van der Waals surface area contributed by atoms with Crippen LogP contribution in [0.5, 0.6) is 0 Å². The molecule has 2 atom stereocenters. The highest BCUT2D eigenvalue weighted by atomic mass is 19.4. The summed E-state index contributed by atoms with van der Waals surface area (Å²) in [5, 5.41) is 3.15. The van der Waals surface area contributed by atoms with E-state index in [-0.39, 0.29) is 24.1 Å². The summed E-state index contributed by atoms with van der Waals surface area (Å²) in [5.41, 5.74) is -0.473. The molecule has 1 aromatic carbocycles. The van der Waals surface area contributed by atoms with Gasteiger partial charge in [-0.1, -0.05) is 6.07 Å². The van der Waals surface area contributed by atoms with Crippen LogP contribution in [-0.2, 0) is 17.3 Å². The van der Waals surface area contributed by atoms with Crippen LogP contribution in [0.25, 0.3) is 0 Å². The summed E-state index contributed by atoms with van der Waals surface area (Å²) in [4.78, 5) is 0. The summed E-state index contributed by atoms with van der Waals surface area (Å²) in [6.07, 6.45) is -4.71. The quantitative estimate of drug-likeness (QED) is 0.724. The van der Waals surface area contributed by atoms with Gasteiger partial charge >= 0.3 is 6.18 Å². The molecular weight excluding hydrogens is 250 g/mol. The van der Waals surface area contributed by atoms with Crippen molar-refractivity contribution >= 4 is 0 Å². The van der Waals surface area contributed by atoms with Gasteiger partial charge in [0.25, 0.3) is 0 Å². The van der Waals surface area contributed by atoms with Gasteiger partial charge in [0.1, 0.15) is 5.82 Å². The van der Waals surface area contributed by atoms with Crippen LogP contribution in [0.3, 0.4) is 0 Å². The van der Waals surface area contributed by atoms with E-state index < -0.39 is 17.6 Å². The molecule has 3 rings (SSSR count). The average Bonchev–Trinajstić information content (AvgIpc) is 2.68. The van der Waals surface area contributed by atoms with Crippen molar-refractivity contribution in [1.29, 1.82) is 0 Å². The molecule has 2 nitrogen and oxygen atoms in total. The standard InChI is InChI=1S/C12H11F4NO/c13-10-7-5-9-11(17-3-4-18-9)6(7)1-2-8(10)12(14,15)16/h1-2,9,11,17H,3-5H2/t9-,11+/m1/s1. The summed E-state index contributed by atoms with van der Waals surface area (Å²) in [7, 11) is 0. The molecular formula is C12H11F4NO. The van der Waals surface area contributed by atoms with E-state index in [0.29, 0.717) is 18.7 Å². The van der Waals surface area contributed by atoms with E-state index in [1.165, 1.54) is 6.07 Å². The molecule has 1 aliphatic heterocycles. The number of halogens is 4. The lowest BCUT2D eigenvalue weighted by Gasteiger charge is -2.27. The van der Waals surface area contributed by atoms with E-state index in [2.05, 4.69) is 5.32 Å². The van der Waals surface area contributed by atoms with Crippen LogP contribution in [0.2, 0.25) is 0 Å². The van der Waals surface area contributed by atoms with Crippen LogP contribution >= 0.6 is 0 Å². The average molecular weight is 261 g/mol. The topological polar surface area (TPSA) is 21.3 Å². The van der Waals surface area contributed by atoms with Gasteiger partial charge in [0.05, 0.1) is 24.3 Å². The predicted molar refractivity (Wildman–Crippen MR) is 55.6 cm³/mol. The minimum absolute atomic E-state index is 0.134. The molecule has 1 fully saturated rings. The van der Waals surface area contributed by atoms with Crippen LogP contribution in [-0.4, -0.2) is 19.3 Å². The van der Waals surface area contributed by atoms with E-state index in [0.717, 1.165) is 6.07 Å². The van der Waals surface area contributed by atoms with Crippen molar-refractivity contribution < 1.29 is 22.3 Å². The van der Waals surface area contributed by atoms with Crippen LogP contribution in [0.1, 0.15) is 22.7 Å². The Morgan fingerprint density at radius 1 is 1.28 bits per heavy atom. The van der Waals surface area contributed by atoms with Gasteiger partial charge in [-0.3, -0.25) is 0 Å². The SMILES string of the molecule is Fc1c(C(F)(F)F)ccc2c1C[C@H]1OCCN[C@@H]21. The molecule has 0 amide bonds. The highest BCUT2D eigenvalue weighted by Gasteiger charge is 2.41. The second kappa shape index (κ2) is 3.93. The lowest BCUT2D eigenvalue weighted by molar-refractivity contribution is -0.140. The van der Waals surface area contributed by atoms with Gasteiger partial charge in [-0.15, -0.1) is 0 Å².